The Morgan fingerprint density at radius 1 is 1.12 bits per heavy atom. The zero-order chi connectivity index (χ0) is 16.9. The van der Waals surface area contributed by atoms with E-state index in [4.69, 9.17) is 9.15 Å². The average molecular weight is 329 g/mol. The SMILES string of the molecule is CCOC(=O)N1CCN(C(=O)c2coc(-c3ccccc3)n2)CC1. The summed E-state index contributed by atoms with van der Waals surface area (Å²) in [6.45, 7) is 3.92. The van der Waals surface area contributed by atoms with Gasteiger partial charge in [0.2, 0.25) is 5.89 Å². The van der Waals surface area contributed by atoms with Gasteiger partial charge in [0, 0.05) is 31.7 Å². The lowest BCUT2D eigenvalue weighted by atomic mass is 10.2. The first-order valence-corrected chi connectivity index (χ1v) is 7.91. The highest BCUT2D eigenvalue weighted by atomic mass is 16.6. The molecule has 7 heteroatoms. The molecule has 2 heterocycles. The van der Waals surface area contributed by atoms with E-state index in [1.807, 2.05) is 30.3 Å². The second-order valence-corrected chi connectivity index (χ2v) is 5.38. The van der Waals surface area contributed by atoms with Crippen LogP contribution in [-0.4, -0.2) is 59.6 Å². The maximum atomic E-state index is 12.5. The molecule has 0 aliphatic carbocycles. The number of benzene rings is 1. The van der Waals surface area contributed by atoms with Gasteiger partial charge in [-0.25, -0.2) is 9.78 Å². The van der Waals surface area contributed by atoms with Gasteiger partial charge in [-0.3, -0.25) is 4.79 Å². The van der Waals surface area contributed by atoms with Gasteiger partial charge >= 0.3 is 6.09 Å². The minimum absolute atomic E-state index is 0.190. The summed E-state index contributed by atoms with van der Waals surface area (Å²) in [5.74, 6) is 0.230. The van der Waals surface area contributed by atoms with Gasteiger partial charge in [-0.1, -0.05) is 18.2 Å². The molecule has 3 rings (SSSR count). The third-order valence-electron chi connectivity index (χ3n) is 3.84. The Morgan fingerprint density at radius 2 is 1.79 bits per heavy atom. The van der Waals surface area contributed by atoms with E-state index < -0.39 is 0 Å². The van der Waals surface area contributed by atoms with Crippen LogP contribution in [0.2, 0.25) is 0 Å². The van der Waals surface area contributed by atoms with Gasteiger partial charge < -0.3 is 19.0 Å². The van der Waals surface area contributed by atoms with Crippen LogP contribution in [0, 0.1) is 0 Å². The first kappa shape index (κ1) is 16.0. The molecule has 0 radical (unpaired) electrons. The zero-order valence-electron chi connectivity index (χ0n) is 13.5. The minimum atomic E-state index is -0.336. The van der Waals surface area contributed by atoms with Crippen LogP contribution in [0.1, 0.15) is 17.4 Å². The summed E-state index contributed by atoms with van der Waals surface area (Å²) >= 11 is 0. The van der Waals surface area contributed by atoms with Gasteiger partial charge in [0.1, 0.15) is 6.26 Å². The Morgan fingerprint density at radius 3 is 2.46 bits per heavy atom. The first-order valence-electron chi connectivity index (χ1n) is 7.91. The number of carbonyl (C=O) groups is 2. The largest absolute Gasteiger partial charge is 0.450 e. The number of hydrogen-bond donors (Lipinski definition) is 0. The van der Waals surface area contributed by atoms with E-state index in [1.54, 1.807) is 16.7 Å². The number of hydrogen-bond acceptors (Lipinski definition) is 5. The molecule has 1 aromatic carbocycles. The molecule has 1 saturated heterocycles. The molecule has 7 nitrogen and oxygen atoms in total. The topological polar surface area (TPSA) is 75.9 Å². The molecule has 0 spiro atoms. The van der Waals surface area contributed by atoms with Crippen molar-refractivity contribution in [1.29, 1.82) is 0 Å². The molecule has 0 bridgehead atoms. The Balaban J connectivity index is 1.62. The summed E-state index contributed by atoms with van der Waals surface area (Å²) in [6.07, 6.45) is 1.04. The third kappa shape index (κ3) is 3.40. The van der Waals surface area contributed by atoms with E-state index in [2.05, 4.69) is 4.98 Å². The Bertz CT molecular complexity index is 706. The summed E-state index contributed by atoms with van der Waals surface area (Å²) in [5.41, 5.74) is 1.10. The fourth-order valence-electron chi connectivity index (χ4n) is 2.55. The second kappa shape index (κ2) is 7.16. The van der Waals surface area contributed by atoms with Crippen molar-refractivity contribution in [3.63, 3.8) is 0 Å². The van der Waals surface area contributed by atoms with Crippen molar-refractivity contribution in [2.75, 3.05) is 32.8 Å². The van der Waals surface area contributed by atoms with Crippen molar-refractivity contribution < 1.29 is 18.7 Å². The molecule has 126 valence electrons. The van der Waals surface area contributed by atoms with Crippen LogP contribution in [0.15, 0.2) is 41.0 Å². The van der Waals surface area contributed by atoms with Gasteiger partial charge in [0.25, 0.3) is 5.91 Å². The van der Waals surface area contributed by atoms with Gasteiger partial charge in [-0.2, -0.15) is 0 Å². The Kier molecular flexibility index (Phi) is 4.79. The summed E-state index contributed by atoms with van der Waals surface area (Å²) < 4.78 is 10.4. The van der Waals surface area contributed by atoms with E-state index in [9.17, 15) is 9.59 Å². The van der Waals surface area contributed by atoms with E-state index in [-0.39, 0.29) is 17.7 Å². The van der Waals surface area contributed by atoms with E-state index >= 15 is 0 Å². The highest BCUT2D eigenvalue weighted by molar-refractivity contribution is 5.92. The summed E-state index contributed by atoms with van der Waals surface area (Å²) in [4.78, 5) is 31.7. The summed E-state index contributed by atoms with van der Waals surface area (Å²) in [7, 11) is 0. The predicted molar refractivity (Wildman–Crippen MR) is 86.4 cm³/mol. The van der Waals surface area contributed by atoms with Crippen LogP contribution in [0.5, 0.6) is 0 Å². The van der Waals surface area contributed by atoms with Crippen molar-refractivity contribution in [2.24, 2.45) is 0 Å². The molecule has 2 aromatic rings. The fourth-order valence-corrected chi connectivity index (χ4v) is 2.55. The quantitative estimate of drug-likeness (QED) is 0.863. The van der Waals surface area contributed by atoms with Gasteiger partial charge in [-0.15, -0.1) is 0 Å². The lowest BCUT2D eigenvalue weighted by Gasteiger charge is -2.33. The number of piperazine rings is 1. The van der Waals surface area contributed by atoms with Crippen LogP contribution in [-0.2, 0) is 4.74 Å². The fraction of sp³-hybridized carbons (Fsp3) is 0.353. The first-order chi connectivity index (χ1) is 11.7. The molecular formula is C17H19N3O4. The second-order valence-electron chi connectivity index (χ2n) is 5.38. The summed E-state index contributed by atoms with van der Waals surface area (Å²) in [6, 6.07) is 9.42. The number of aromatic nitrogens is 1. The minimum Gasteiger partial charge on any atom is -0.450 e. The third-order valence-corrected chi connectivity index (χ3v) is 3.84. The molecule has 0 unspecified atom stereocenters. The molecule has 1 aliphatic heterocycles. The zero-order valence-corrected chi connectivity index (χ0v) is 13.5. The van der Waals surface area contributed by atoms with Crippen LogP contribution in [0.4, 0.5) is 4.79 Å². The number of amides is 2. The van der Waals surface area contributed by atoms with Crippen molar-refractivity contribution in [2.45, 2.75) is 6.92 Å². The molecule has 0 saturated carbocycles. The molecule has 24 heavy (non-hydrogen) atoms. The highest BCUT2D eigenvalue weighted by Crippen LogP contribution is 2.19. The molecule has 1 fully saturated rings. The Labute approximate surface area is 139 Å². The van der Waals surface area contributed by atoms with Crippen LogP contribution >= 0.6 is 0 Å². The lowest BCUT2D eigenvalue weighted by Crippen LogP contribution is -2.50. The van der Waals surface area contributed by atoms with Crippen LogP contribution in [0.3, 0.4) is 0 Å². The maximum Gasteiger partial charge on any atom is 0.409 e. The molecule has 0 N–H and O–H groups in total. The average Bonchev–Trinajstić information content (AvgIpc) is 3.12. The number of carbonyl (C=O) groups excluding carboxylic acids is 2. The smallest absolute Gasteiger partial charge is 0.409 e. The monoisotopic (exact) mass is 329 g/mol. The van der Waals surface area contributed by atoms with Crippen molar-refractivity contribution in [3.8, 4) is 11.5 Å². The van der Waals surface area contributed by atoms with Crippen LogP contribution < -0.4 is 0 Å². The predicted octanol–water partition coefficient (Wildman–Crippen LogP) is 2.26. The standard InChI is InChI=1S/C17H19N3O4/c1-2-23-17(22)20-10-8-19(9-11-20)16(21)14-12-24-15(18-14)13-6-4-3-5-7-13/h3-7,12H,2,8-11H2,1H3. The van der Waals surface area contributed by atoms with Crippen molar-refractivity contribution in [1.82, 2.24) is 14.8 Å². The van der Waals surface area contributed by atoms with E-state index in [1.165, 1.54) is 6.26 Å². The number of rotatable bonds is 3. The molecule has 2 amide bonds. The highest BCUT2D eigenvalue weighted by Gasteiger charge is 2.27. The number of nitrogens with zero attached hydrogens (tertiary/aromatic N) is 3. The van der Waals surface area contributed by atoms with Gasteiger partial charge in [0.15, 0.2) is 5.69 Å². The lowest BCUT2D eigenvalue weighted by molar-refractivity contribution is 0.0566. The normalized spacial score (nSPS) is 14.5. The molecular weight excluding hydrogens is 310 g/mol. The van der Waals surface area contributed by atoms with Gasteiger partial charge in [-0.05, 0) is 19.1 Å². The molecule has 0 atom stereocenters. The maximum absolute atomic E-state index is 12.5. The van der Waals surface area contributed by atoms with Gasteiger partial charge in [0.05, 0.1) is 6.61 Å². The number of oxazole rings is 1. The van der Waals surface area contributed by atoms with Crippen molar-refractivity contribution in [3.05, 3.63) is 42.3 Å². The van der Waals surface area contributed by atoms with E-state index in [0.29, 0.717) is 38.7 Å². The number of ether oxygens (including phenoxy) is 1. The molecule has 1 aliphatic rings. The van der Waals surface area contributed by atoms with Crippen LogP contribution in [0.25, 0.3) is 11.5 Å². The van der Waals surface area contributed by atoms with E-state index in [0.717, 1.165) is 5.56 Å². The van der Waals surface area contributed by atoms with Crippen molar-refractivity contribution >= 4 is 12.0 Å². The molecule has 1 aromatic heterocycles. The summed E-state index contributed by atoms with van der Waals surface area (Å²) in [5, 5.41) is 0. The Hall–Kier alpha value is -2.83.